The van der Waals surface area contributed by atoms with Crippen LogP contribution in [-0.2, 0) is 10.2 Å². The van der Waals surface area contributed by atoms with Crippen LogP contribution in [0, 0.1) is 21.0 Å². The molecule has 2 aromatic rings. The SMILES string of the molecule is CCCN(CCCNC(C)C)S(=O)(=O)Nc1ccc(F)c(F)c1Nc1ccc(I)cc1F. The Bertz CT molecular complexity index is 1020. The highest BCUT2D eigenvalue weighted by atomic mass is 127. The second kappa shape index (κ2) is 12.1. The first-order valence-electron chi connectivity index (χ1n) is 10.3. The predicted octanol–water partition coefficient (Wildman–Crippen LogP) is 5.21. The third-order valence-electron chi connectivity index (χ3n) is 4.47. The van der Waals surface area contributed by atoms with E-state index in [-0.39, 0.29) is 30.5 Å². The van der Waals surface area contributed by atoms with Crippen LogP contribution in [0.3, 0.4) is 0 Å². The van der Waals surface area contributed by atoms with Crippen LogP contribution < -0.4 is 15.4 Å². The Morgan fingerprint density at radius 2 is 1.72 bits per heavy atom. The number of hydrogen-bond acceptors (Lipinski definition) is 4. The van der Waals surface area contributed by atoms with Crippen LogP contribution in [0.15, 0.2) is 30.3 Å². The number of nitrogens with one attached hydrogen (secondary N) is 3. The normalized spacial score (nSPS) is 11.9. The van der Waals surface area contributed by atoms with E-state index in [1.54, 1.807) is 6.07 Å². The van der Waals surface area contributed by atoms with Crippen LogP contribution >= 0.6 is 22.6 Å². The van der Waals surface area contributed by atoms with Crippen molar-refractivity contribution in [2.45, 2.75) is 39.7 Å². The molecule has 0 amide bonds. The molecular formula is C21H28F3IN4O2S. The smallest absolute Gasteiger partial charge is 0.301 e. The lowest BCUT2D eigenvalue weighted by molar-refractivity contribution is 0.399. The summed E-state index contributed by atoms with van der Waals surface area (Å²) in [6.45, 7) is 6.99. The van der Waals surface area contributed by atoms with E-state index in [1.165, 1.54) is 16.4 Å². The van der Waals surface area contributed by atoms with Gasteiger partial charge in [0, 0.05) is 22.7 Å². The van der Waals surface area contributed by atoms with Crippen molar-refractivity contribution < 1.29 is 21.6 Å². The minimum absolute atomic E-state index is 0.111. The number of benzene rings is 2. The number of halogens is 4. The van der Waals surface area contributed by atoms with Gasteiger partial charge in [-0.3, -0.25) is 4.72 Å². The van der Waals surface area contributed by atoms with E-state index in [0.717, 1.165) is 12.1 Å². The van der Waals surface area contributed by atoms with E-state index in [1.807, 2.05) is 43.4 Å². The molecule has 0 radical (unpaired) electrons. The fraction of sp³-hybridized carbons (Fsp3) is 0.429. The molecule has 0 spiro atoms. The monoisotopic (exact) mass is 584 g/mol. The third-order valence-corrected chi connectivity index (χ3v) is 6.67. The molecule has 3 N–H and O–H groups in total. The van der Waals surface area contributed by atoms with E-state index < -0.39 is 33.3 Å². The number of anilines is 3. The molecule has 0 heterocycles. The summed E-state index contributed by atoms with van der Waals surface area (Å²) in [6.07, 6.45) is 1.16. The summed E-state index contributed by atoms with van der Waals surface area (Å²) in [5.74, 6) is -3.18. The van der Waals surface area contributed by atoms with Gasteiger partial charge in [-0.2, -0.15) is 12.7 Å². The molecule has 32 heavy (non-hydrogen) atoms. The first-order valence-corrected chi connectivity index (χ1v) is 12.8. The summed E-state index contributed by atoms with van der Waals surface area (Å²) in [5, 5.41) is 5.71. The Kier molecular flexibility index (Phi) is 10.0. The van der Waals surface area contributed by atoms with Crippen LogP contribution in [0.1, 0.15) is 33.6 Å². The highest BCUT2D eigenvalue weighted by Gasteiger charge is 2.24. The minimum atomic E-state index is -4.07. The maximum atomic E-state index is 14.6. The van der Waals surface area contributed by atoms with Crippen LogP contribution in [0.2, 0.25) is 0 Å². The molecule has 178 valence electrons. The van der Waals surface area contributed by atoms with Gasteiger partial charge in [-0.1, -0.05) is 20.8 Å². The summed E-state index contributed by atoms with van der Waals surface area (Å²) in [5.41, 5.74) is -0.824. The van der Waals surface area contributed by atoms with E-state index >= 15 is 0 Å². The molecule has 6 nitrogen and oxygen atoms in total. The fourth-order valence-corrected chi connectivity index (χ4v) is 4.76. The molecule has 11 heteroatoms. The summed E-state index contributed by atoms with van der Waals surface area (Å²) in [6, 6.07) is 6.37. The second-order valence-corrected chi connectivity index (χ2v) is 10.4. The molecule has 0 fully saturated rings. The summed E-state index contributed by atoms with van der Waals surface area (Å²) >= 11 is 1.92. The highest BCUT2D eigenvalue weighted by Crippen LogP contribution is 2.32. The maximum absolute atomic E-state index is 14.6. The lowest BCUT2D eigenvalue weighted by Gasteiger charge is -2.24. The van der Waals surface area contributed by atoms with Gasteiger partial charge >= 0.3 is 10.2 Å². The maximum Gasteiger partial charge on any atom is 0.301 e. The summed E-state index contributed by atoms with van der Waals surface area (Å²) in [7, 11) is -4.07. The van der Waals surface area contributed by atoms with Crippen LogP contribution in [-0.4, -0.2) is 38.4 Å². The number of hydrogen-bond donors (Lipinski definition) is 3. The lowest BCUT2D eigenvalue weighted by atomic mass is 10.2. The Morgan fingerprint density at radius 1 is 1.03 bits per heavy atom. The zero-order valence-electron chi connectivity index (χ0n) is 18.2. The molecule has 2 aromatic carbocycles. The van der Waals surface area contributed by atoms with Crippen LogP contribution in [0.4, 0.5) is 30.2 Å². The second-order valence-electron chi connectivity index (χ2n) is 7.50. The van der Waals surface area contributed by atoms with Gasteiger partial charge in [0.2, 0.25) is 0 Å². The minimum Gasteiger partial charge on any atom is -0.349 e. The Labute approximate surface area is 201 Å². The summed E-state index contributed by atoms with van der Waals surface area (Å²) < 4.78 is 73.0. The molecular weight excluding hydrogens is 556 g/mol. The van der Waals surface area contributed by atoms with Crippen molar-refractivity contribution in [3.63, 3.8) is 0 Å². The molecule has 0 aromatic heterocycles. The molecule has 0 aliphatic rings. The van der Waals surface area contributed by atoms with Crippen LogP contribution in [0.25, 0.3) is 0 Å². The van der Waals surface area contributed by atoms with Gasteiger partial charge < -0.3 is 10.6 Å². The topological polar surface area (TPSA) is 73.5 Å². The van der Waals surface area contributed by atoms with Gasteiger partial charge in [-0.25, -0.2) is 13.2 Å². The molecule has 0 saturated heterocycles. The molecule has 0 unspecified atom stereocenters. The first-order chi connectivity index (χ1) is 15.0. The fourth-order valence-electron chi connectivity index (χ4n) is 2.93. The Hall–Kier alpha value is -1.57. The van der Waals surface area contributed by atoms with Crippen molar-refractivity contribution in [2.24, 2.45) is 0 Å². The first kappa shape index (κ1) is 26.7. The van der Waals surface area contributed by atoms with Gasteiger partial charge in [0.15, 0.2) is 11.6 Å². The standard InChI is InChI=1S/C21H28F3IN4O2S/c1-4-11-29(12-5-10-26-14(2)3)32(30,31)28-19-9-7-16(22)20(24)21(19)27-18-8-6-15(25)13-17(18)23/h6-9,13-14,26-28H,4-5,10-12H2,1-3H3. The van der Waals surface area contributed by atoms with Crippen molar-refractivity contribution in [3.8, 4) is 0 Å². The van der Waals surface area contributed by atoms with Gasteiger partial charge in [0.05, 0.1) is 11.4 Å². The van der Waals surface area contributed by atoms with Gasteiger partial charge in [-0.15, -0.1) is 0 Å². The zero-order chi connectivity index (χ0) is 23.9. The average molecular weight is 584 g/mol. The molecule has 0 saturated carbocycles. The Balaban J connectivity index is 2.30. The van der Waals surface area contributed by atoms with Gasteiger partial charge in [-0.05, 0) is 72.3 Å². The zero-order valence-corrected chi connectivity index (χ0v) is 21.2. The summed E-state index contributed by atoms with van der Waals surface area (Å²) in [4.78, 5) is 0. The van der Waals surface area contributed by atoms with E-state index in [4.69, 9.17) is 0 Å². The number of nitrogens with zero attached hydrogens (tertiary/aromatic N) is 1. The predicted molar refractivity (Wildman–Crippen MR) is 131 cm³/mol. The third kappa shape index (κ3) is 7.49. The quantitative estimate of drug-likeness (QED) is 0.237. The van der Waals surface area contributed by atoms with E-state index in [9.17, 15) is 21.6 Å². The molecule has 0 bridgehead atoms. The van der Waals surface area contributed by atoms with Crippen LogP contribution in [0.5, 0.6) is 0 Å². The highest BCUT2D eigenvalue weighted by molar-refractivity contribution is 14.1. The molecule has 0 aliphatic carbocycles. The lowest BCUT2D eigenvalue weighted by Crippen LogP contribution is -2.38. The average Bonchev–Trinajstić information content (AvgIpc) is 2.71. The van der Waals surface area contributed by atoms with Crippen molar-refractivity contribution in [2.75, 3.05) is 29.7 Å². The van der Waals surface area contributed by atoms with Gasteiger partial charge in [0.1, 0.15) is 11.5 Å². The van der Waals surface area contributed by atoms with Crippen molar-refractivity contribution in [1.29, 1.82) is 0 Å². The molecule has 0 aliphatic heterocycles. The van der Waals surface area contributed by atoms with Gasteiger partial charge in [0.25, 0.3) is 0 Å². The Morgan fingerprint density at radius 3 is 2.34 bits per heavy atom. The molecule has 2 rings (SSSR count). The van der Waals surface area contributed by atoms with E-state index in [0.29, 0.717) is 23.0 Å². The number of rotatable bonds is 12. The van der Waals surface area contributed by atoms with Crippen molar-refractivity contribution in [3.05, 3.63) is 51.4 Å². The van der Waals surface area contributed by atoms with Crippen molar-refractivity contribution >= 4 is 49.9 Å². The molecule has 0 atom stereocenters. The largest absolute Gasteiger partial charge is 0.349 e. The van der Waals surface area contributed by atoms with E-state index in [2.05, 4.69) is 15.4 Å². The van der Waals surface area contributed by atoms with Crippen molar-refractivity contribution in [1.82, 2.24) is 9.62 Å².